The van der Waals surface area contributed by atoms with Crippen LogP contribution in [0.25, 0.3) is 10.2 Å². The molecule has 0 aliphatic carbocycles. The number of aromatic nitrogens is 1. The number of hydrogen-bond donors (Lipinski definition) is 1. The Morgan fingerprint density at radius 3 is 2.83 bits per heavy atom. The van der Waals surface area contributed by atoms with Gasteiger partial charge in [0.05, 0.1) is 30.8 Å². The summed E-state index contributed by atoms with van der Waals surface area (Å²) in [6.07, 6.45) is 0.689. The Hall–Kier alpha value is -1.62. The molecular formula is C17H14Cl2N2OS. The van der Waals surface area contributed by atoms with E-state index in [1.807, 2.05) is 31.2 Å². The van der Waals surface area contributed by atoms with Gasteiger partial charge in [-0.3, -0.25) is 4.79 Å². The van der Waals surface area contributed by atoms with E-state index >= 15 is 0 Å². The van der Waals surface area contributed by atoms with Crippen molar-refractivity contribution in [2.24, 2.45) is 0 Å². The molecule has 0 atom stereocenters. The van der Waals surface area contributed by atoms with Crippen LogP contribution in [-0.4, -0.2) is 17.4 Å². The van der Waals surface area contributed by atoms with E-state index in [-0.39, 0.29) is 5.91 Å². The number of halogens is 2. The van der Waals surface area contributed by atoms with Crippen molar-refractivity contribution in [1.82, 2.24) is 10.3 Å². The second kappa shape index (κ2) is 6.87. The molecule has 23 heavy (non-hydrogen) atoms. The molecule has 6 heteroatoms. The van der Waals surface area contributed by atoms with Crippen LogP contribution in [0.1, 0.15) is 20.9 Å². The standard InChI is InChI=1S/C17H14Cl2N2OS/c1-10-21-16-12(3-2-4-15(16)23-10)17(22)20-8-7-11-5-6-13(18)14(19)9-11/h2-6,9H,7-8H2,1H3,(H,20,22). The molecule has 0 saturated carbocycles. The lowest BCUT2D eigenvalue weighted by Gasteiger charge is -2.07. The number of fused-ring (bicyclic) bond motifs is 1. The Balaban J connectivity index is 1.68. The largest absolute Gasteiger partial charge is 0.352 e. The van der Waals surface area contributed by atoms with Gasteiger partial charge in [0.25, 0.3) is 5.91 Å². The highest BCUT2D eigenvalue weighted by Gasteiger charge is 2.12. The zero-order valence-corrected chi connectivity index (χ0v) is 14.7. The van der Waals surface area contributed by atoms with Gasteiger partial charge in [-0.25, -0.2) is 4.98 Å². The molecule has 3 nitrogen and oxygen atoms in total. The topological polar surface area (TPSA) is 42.0 Å². The van der Waals surface area contributed by atoms with Crippen molar-refractivity contribution in [1.29, 1.82) is 0 Å². The number of nitrogens with zero attached hydrogens (tertiary/aromatic N) is 1. The highest BCUT2D eigenvalue weighted by Crippen LogP contribution is 2.25. The number of para-hydroxylation sites is 1. The average molecular weight is 365 g/mol. The molecule has 3 rings (SSSR count). The lowest BCUT2D eigenvalue weighted by molar-refractivity contribution is 0.0955. The molecule has 118 valence electrons. The van der Waals surface area contributed by atoms with Crippen molar-refractivity contribution in [2.75, 3.05) is 6.54 Å². The van der Waals surface area contributed by atoms with Gasteiger partial charge < -0.3 is 5.32 Å². The van der Waals surface area contributed by atoms with Crippen LogP contribution in [0.15, 0.2) is 36.4 Å². The second-order valence-corrected chi connectivity index (χ2v) is 7.19. The van der Waals surface area contributed by atoms with E-state index < -0.39 is 0 Å². The minimum atomic E-state index is -0.110. The van der Waals surface area contributed by atoms with Crippen LogP contribution in [0.2, 0.25) is 10.0 Å². The van der Waals surface area contributed by atoms with Crippen molar-refractivity contribution in [3.63, 3.8) is 0 Å². The third kappa shape index (κ3) is 3.66. The van der Waals surface area contributed by atoms with E-state index in [0.717, 1.165) is 20.8 Å². The molecule has 3 aromatic rings. The van der Waals surface area contributed by atoms with Gasteiger partial charge in [0, 0.05) is 6.54 Å². The van der Waals surface area contributed by atoms with Crippen molar-refractivity contribution < 1.29 is 4.79 Å². The summed E-state index contributed by atoms with van der Waals surface area (Å²) in [5.41, 5.74) is 2.41. The first-order valence-electron chi connectivity index (χ1n) is 7.13. The molecule has 1 aromatic heterocycles. The molecule has 1 N–H and O–H groups in total. The first-order chi connectivity index (χ1) is 11.0. The smallest absolute Gasteiger partial charge is 0.253 e. The molecular weight excluding hydrogens is 351 g/mol. The third-order valence-corrected chi connectivity index (χ3v) is 5.13. The Kier molecular flexibility index (Phi) is 4.85. The summed E-state index contributed by atoms with van der Waals surface area (Å²) in [7, 11) is 0. The lowest BCUT2D eigenvalue weighted by atomic mass is 10.1. The maximum atomic E-state index is 12.4. The predicted octanol–water partition coefficient (Wildman–Crippen LogP) is 4.88. The number of carbonyl (C=O) groups is 1. The Labute approximate surface area is 148 Å². The Bertz CT molecular complexity index is 876. The molecule has 2 aromatic carbocycles. The van der Waals surface area contributed by atoms with Crippen LogP contribution in [0.3, 0.4) is 0 Å². The molecule has 0 bridgehead atoms. The fourth-order valence-corrected chi connectivity index (χ4v) is 3.53. The number of amides is 1. The van der Waals surface area contributed by atoms with E-state index in [4.69, 9.17) is 23.2 Å². The lowest BCUT2D eigenvalue weighted by Crippen LogP contribution is -2.25. The minimum Gasteiger partial charge on any atom is -0.352 e. The van der Waals surface area contributed by atoms with E-state index in [1.165, 1.54) is 0 Å². The molecule has 0 saturated heterocycles. The van der Waals surface area contributed by atoms with Gasteiger partial charge >= 0.3 is 0 Å². The van der Waals surface area contributed by atoms with Crippen molar-refractivity contribution >= 4 is 50.7 Å². The van der Waals surface area contributed by atoms with Crippen LogP contribution in [0, 0.1) is 6.92 Å². The molecule has 0 spiro atoms. The Morgan fingerprint density at radius 1 is 1.22 bits per heavy atom. The summed E-state index contributed by atoms with van der Waals surface area (Å²) in [6.45, 7) is 2.47. The number of benzene rings is 2. The highest BCUT2D eigenvalue weighted by atomic mass is 35.5. The van der Waals surface area contributed by atoms with Crippen LogP contribution in [0.4, 0.5) is 0 Å². The molecule has 0 aliphatic rings. The SMILES string of the molecule is Cc1nc2c(C(=O)NCCc3ccc(Cl)c(Cl)c3)cccc2s1. The summed E-state index contributed by atoms with van der Waals surface area (Å²) in [5, 5.41) is 4.95. The number of nitrogens with one attached hydrogen (secondary N) is 1. The molecule has 0 unspecified atom stereocenters. The fraction of sp³-hybridized carbons (Fsp3) is 0.176. The zero-order chi connectivity index (χ0) is 16.4. The average Bonchev–Trinajstić information content (AvgIpc) is 2.90. The van der Waals surface area contributed by atoms with Crippen LogP contribution in [-0.2, 0) is 6.42 Å². The first kappa shape index (κ1) is 16.2. The number of carbonyl (C=O) groups excluding carboxylic acids is 1. The number of rotatable bonds is 4. The zero-order valence-electron chi connectivity index (χ0n) is 12.4. The van der Waals surface area contributed by atoms with Gasteiger partial charge in [0.1, 0.15) is 0 Å². The third-order valence-electron chi connectivity index (χ3n) is 3.45. The van der Waals surface area contributed by atoms with Gasteiger partial charge in [0.2, 0.25) is 0 Å². The summed E-state index contributed by atoms with van der Waals surface area (Å²) < 4.78 is 1.03. The molecule has 1 amide bonds. The second-order valence-electron chi connectivity index (χ2n) is 5.14. The number of aryl methyl sites for hydroxylation is 1. The summed E-state index contributed by atoms with van der Waals surface area (Å²) in [5.74, 6) is -0.110. The predicted molar refractivity (Wildman–Crippen MR) is 96.9 cm³/mol. The normalized spacial score (nSPS) is 10.9. The number of hydrogen-bond acceptors (Lipinski definition) is 3. The van der Waals surface area contributed by atoms with Crippen LogP contribution < -0.4 is 5.32 Å². The number of thiazole rings is 1. The van der Waals surface area contributed by atoms with Crippen molar-refractivity contribution in [3.05, 3.63) is 62.6 Å². The van der Waals surface area contributed by atoms with Gasteiger partial charge in [-0.05, 0) is 43.2 Å². The van der Waals surface area contributed by atoms with E-state index in [1.54, 1.807) is 23.5 Å². The molecule has 0 fully saturated rings. The maximum absolute atomic E-state index is 12.4. The van der Waals surface area contributed by atoms with Crippen molar-refractivity contribution in [3.8, 4) is 0 Å². The molecule has 0 radical (unpaired) electrons. The summed E-state index contributed by atoms with van der Waals surface area (Å²) >= 11 is 13.5. The summed E-state index contributed by atoms with van der Waals surface area (Å²) in [6, 6.07) is 11.2. The van der Waals surface area contributed by atoms with Crippen LogP contribution >= 0.6 is 34.5 Å². The van der Waals surface area contributed by atoms with E-state index in [9.17, 15) is 4.79 Å². The van der Waals surface area contributed by atoms with Crippen LogP contribution in [0.5, 0.6) is 0 Å². The van der Waals surface area contributed by atoms with Gasteiger partial charge in [-0.1, -0.05) is 35.3 Å². The van der Waals surface area contributed by atoms with Gasteiger partial charge in [-0.2, -0.15) is 0 Å². The highest BCUT2D eigenvalue weighted by molar-refractivity contribution is 7.18. The molecule has 1 heterocycles. The molecule has 0 aliphatic heterocycles. The fourth-order valence-electron chi connectivity index (χ4n) is 2.35. The Morgan fingerprint density at radius 2 is 2.04 bits per heavy atom. The maximum Gasteiger partial charge on any atom is 0.253 e. The first-order valence-corrected chi connectivity index (χ1v) is 8.70. The van der Waals surface area contributed by atoms with Gasteiger partial charge in [0.15, 0.2) is 0 Å². The summed E-state index contributed by atoms with van der Waals surface area (Å²) in [4.78, 5) is 16.8. The van der Waals surface area contributed by atoms with E-state index in [0.29, 0.717) is 28.6 Å². The minimum absolute atomic E-state index is 0.110. The van der Waals surface area contributed by atoms with Crippen molar-refractivity contribution in [2.45, 2.75) is 13.3 Å². The quantitative estimate of drug-likeness (QED) is 0.716. The monoisotopic (exact) mass is 364 g/mol. The van der Waals surface area contributed by atoms with Gasteiger partial charge in [-0.15, -0.1) is 11.3 Å². The van der Waals surface area contributed by atoms with E-state index in [2.05, 4.69) is 10.3 Å².